The molecule has 6 heteroatoms. The first kappa shape index (κ1) is 13.8. The third-order valence-electron chi connectivity index (χ3n) is 3.17. The summed E-state index contributed by atoms with van der Waals surface area (Å²) in [5, 5.41) is 10.9. The van der Waals surface area contributed by atoms with Crippen LogP contribution >= 0.6 is 0 Å². The van der Waals surface area contributed by atoms with Crippen LogP contribution in [0.25, 0.3) is 5.69 Å². The first-order chi connectivity index (χ1) is 10.6. The zero-order valence-electron chi connectivity index (χ0n) is 12.0. The lowest BCUT2D eigenvalue weighted by molar-refractivity contribution is 0.853. The van der Waals surface area contributed by atoms with Crippen molar-refractivity contribution in [3.05, 3.63) is 70.5 Å². The fourth-order valence-electron chi connectivity index (χ4n) is 2.10. The van der Waals surface area contributed by atoms with Gasteiger partial charge in [0.2, 0.25) is 0 Å². The van der Waals surface area contributed by atoms with E-state index in [-0.39, 0.29) is 17.1 Å². The van der Waals surface area contributed by atoms with Gasteiger partial charge in [0, 0.05) is 0 Å². The Kier molecular flexibility index (Phi) is 3.57. The highest BCUT2D eigenvalue weighted by atomic mass is 16.1. The SMILES string of the molecule is Cc1cccc(N=Nc2c(N)[nH]n(-c3ccccc3)c2=O)c1. The van der Waals surface area contributed by atoms with Crippen molar-refractivity contribution in [2.75, 3.05) is 5.73 Å². The highest BCUT2D eigenvalue weighted by Gasteiger charge is 2.12. The number of azo groups is 1. The Hall–Kier alpha value is -3.15. The maximum absolute atomic E-state index is 12.4. The number of hydrogen-bond acceptors (Lipinski definition) is 4. The fourth-order valence-corrected chi connectivity index (χ4v) is 2.10. The maximum Gasteiger partial charge on any atom is 0.301 e. The number of hydrogen-bond donors (Lipinski definition) is 2. The molecule has 6 nitrogen and oxygen atoms in total. The van der Waals surface area contributed by atoms with Crippen LogP contribution in [0.4, 0.5) is 17.2 Å². The number of nitrogens with zero attached hydrogens (tertiary/aromatic N) is 3. The standard InChI is InChI=1S/C16H15N5O/c1-11-6-5-7-12(10-11)18-19-14-15(17)20-21(16(14)22)13-8-3-2-4-9-13/h2-10,20H,17H2,1H3. The molecule has 0 amide bonds. The molecule has 0 radical (unpaired) electrons. The second kappa shape index (κ2) is 5.69. The van der Waals surface area contributed by atoms with Gasteiger partial charge in [0.1, 0.15) is 5.82 Å². The zero-order chi connectivity index (χ0) is 15.5. The molecule has 22 heavy (non-hydrogen) atoms. The molecule has 0 fully saturated rings. The van der Waals surface area contributed by atoms with E-state index in [1.54, 1.807) is 12.1 Å². The Morgan fingerprint density at radius 1 is 1.05 bits per heavy atom. The van der Waals surface area contributed by atoms with Crippen molar-refractivity contribution in [3.8, 4) is 5.69 Å². The molecular weight excluding hydrogens is 278 g/mol. The number of aryl methyl sites for hydroxylation is 1. The maximum atomic E-state index is 12.4. The second-order valence-electron chi connectivity index (χ2n) is 4.89. The molecule has 0 aliphatic carbocycles. The molecule has 0 spiro atoms. The van der Waals surface area contributed by atoms with Gasteiger partial charge in [-0.1, -0.05) is 30.3 Å². The van der Waals surface area contributed by atoms with Gasteiger partial charge in [-0.15, -0.1) is 5.11 Å². The molecule has 0 unspecified atom stereocenters. The zero-order valence-corrected chi connectivity index (χ0v) is 12.0. The predicted octanol–water partition coefficient (Wildman–Crippen LogP) is 3.47. The Balaban J connectivity index is 1.99. The number of aromatic nitrogens is 2. The third kappa shape index (κ3) is 2.67. The lowest BCUT2D eigenvalue weighted by Crippen LogP contribution is -2.13. The van der Waals surface area contributed by atoms with Gasteiger partial charge in [0.05, 0.1) is 11.4 Å². The molecule has 2 aromatic carbocycles. The summed E-state index contributed by atoms with van der Waals surface area (Å²) < 4.78 is 1.35. The predicted molar refractivity (Wildman–Crippen MR) is 86.2 cm³/mol. The normalized spacial score (nSPS) is 11.1. The third-order valence-corrected chi connectivity index (χ3v) is 3.17. The summed E-state index contributed by atoms with van der Waals surface area (Å²) in [6.45, 7) is 1.96. The molecule has 3 rings (SSSR count). The Labute approximate surface area is 126 Å². The van der Waals surface area contributed by atoms with Gasteiger partial charge in [-0.25, -0.2) is 4.68 Å². The largest absolute Gasteiger partial charge is 0.382 e. The lowest BCUT2D eigenvalue weighted by Gasteiger charge is -1.98. The van der Waals surface area contributed by atoms with E-state index < -0.39 is 0 Å². The number of benzene rings is 2. The fraction of sp³-hybridized carbons (Fsp3) is 0.0625. The summed E-state index contributed by atoms with van der Waals surface area (Å²) in [4.78, 5) is 12.4. The van der Waals surface area contributed by atoms with E-state index in [2.05, 4.69) is 15.3 Å². The lowest BCUT2D eigenvalue weighted by atomic mass is 10.2. The van der Waals surface area contributed by atoms with Crippen LogP contribution in [0.2, 0.25) is 0 Å². The van der Waals surface area contributed by atoms with Crippen LogP contribution in [0, 0.1) is 6.92 Å². The number of nitrogens with two attached hydrogens (primary N) is 1. The summed E-state index contributed by atoms with van der Waals surface area (Å²) in [6.07, 6.45) is 0. The monoisotopic (exact) mass is 293 g/mol. The number of anilines is 1. The summed E-state index contributed by atoms with van der Waals surface area (Å²) in [6, 6.07) is 16.7. The number of nitrogen functional groups attached to an aromatic ring is 1. The molecule has 0 bridgehead atoms. The quantitative estimate of drug-likeness (QED) is 0.724. The molecule has 0 saturated carbocycles. The summed E-state index contributed by atoms with van der Waals surface area (Å²) >= 11 is 0. The van der Waals surface area contributed by atoms with E-state index in [0.29, 0.717) is 11.4 Å². The van der Waals surface area contributed by atoms with E-state index in [4.69, 9.17) is 5.73 Å². The summed E-state index contributed by atoms with van der Waals surface area (Å²) in [5.41, 5.74) is 8.05. The van der Waals surface area contributed by atoms with Crippen molar-refractivity contribution in [2.24, 2.45) is 10.2 Å². The molecule has 0 atom stereocenters. The van der Waals surface area contributed by atoms with Crippen LogP contribution in [0.1, 0.15) is 5.56 Å². The van der Waals surface area contributed by atoms with E-state index in [1.807, 2.05) is 49.4 Å². The minimum Gasteiger partial charge on any atom is -0.382 e. The number of nitrogens with one attached hydrogen (secondary N) is 1. The first-order valence-corrected chi connectivity index (χ1v) is 6.79. The van der Waals surface area contributed by atoms with Crippen LogP contribution in [0.5, 0.6) is 0 Å². The molecule has 0 saturated heterocycles. The average molecular weight is 293 g/mol. The van der Waals surface area contributed by atoms with Crippen molar-refractivity contribution in [1.29, 1.82) is 0 Å². The Morgan fingerprint density at radius 3 is 2.55 bits per heavy atom. The molecule has 110 valence electrons. The Morgan fingerprint density at radius 2 is 1.82 bits per heavy atom. The van der Waals surface area contributed by atoms with Crippen LogP contribution in [0.15, 0.2) is 69.6 Å². The molecule has 3 N–H and O–H groups in total. The molecule has 1 aromatic heterocycles. The van der Waals surface area contributed by atoms with E-state index in [9.17, 15) is 4.79 Å². The van der Waals surface area contributed by atoms with Gasteiger partial charge in [-0.2, -0.15) is 5.11 Å². The van der Waals surface area contributed by atoms with Gasteiger partial charge >= 0.3 is 5.56 Å². The van der Waals surface area contributed by atoms with Crippen molar-refractivity contribution < 1.29 is 0 Å². The average Bonchev–Trinajstić information content (AvgIpc) is 2.81. The van der Waals surface area contributed by atoms with Gasteiger partial charge in [-0.05, 0) is 36.8 Å². The van der Waals surface area contributed by atoms with E-state index in [1.165, 1.54) is 4.68 Å². The van der Waals surface area contributed by atoms with Crippen molar-refractivity contribution in [1.82, 2.24) is 9.78 Å². The van der Waals surface area contributed by atoms with Crippen LogP contribution in [-0.2, 0) is 0 Å². The van der Waals surface area contributed by atoms with Crippen LogP contribution in [0.3, 0.4) is 0 Å². The topological polar surface area (TPSA) is 88.5 Å². The van der Waals surface area contributed by atoms with E-state index in [0.717, 1.165) is 5.56 Å². The van der Waals surface area contributed by atoms with Crippen LogP contribution < -0.4 is 11.3 Å². The van der Waals surface area contributed by atoms with Gasteiger partial charge < -0.3 is 5.73 Å². The summed E-state index contributed by atoms with van der Waals surface area (Å²) in [5.74, 6) is 0.185. The van der Waals surface area contributed by atoms with Gasteiger partial charge in [0.15, 0.2) is 5.69 Å². The Bertz CT molecular complexity index is 877. The van der Waals surface area contributed by atoms with Crippen molar-refractivity contribution >= 4 is 17.2 Å². The van der Waals surface area contributed by atoms with E-state index >= 15 is 0 Å². The molecule has 3 aromatic rings. The first-order valence-electron chi connectivity index (χ1n) is 6.79. The highest BCUT2D eigenvalue weighted by Crippen LogP contribution is 2.21. The number of rotatable bonds is 3. The smallest absolute Gasteiger partial charge is 0.301 e. The minimum atomic E-state index is -0.333. The van der Waals surface area contributed by atoms with Crippen LogP contribution in [-0.4, -0.2) is 9.78 Å². The molecule has 0 aliphatic heterocycles. The van der Waals surface area contributed by atoms with Crippen molar-refractivity contribution in [2.45, 2.75) is 6.92 Å². The minimum absolute atomic E-state index is 0.102. The number of aromatic amines is 1. The van der Waals surface area contributed by atoms with Gasteiger partial charge in [-0.3, -0.25) is 9.89 Å². The van der Waals surface area contributed by atoms with Gasteiger partial charge in [0.25, 0.3) is 0 Å². The highest BCUT2D eigenvalue weighted by molar-refractivity contribution is 5.57. The number of H-pyrrole nitrogens is 1. The molecular formula is C16H15N5O. The molecule has 1 heterocycles. The van der Waals surface area contributed by atoms with Crippen molar-refractivity contribution in [3.63, 3.8) is 0 Å². The second-order valence-corrected chi connectivity index (χ2v) is 4.89. The number of para-hydroxylation sites is 1. The molecule has 0 aliphatic rings. The summed E-state index contributed by atoms with van der Waals surface area (Å²) in [7, 11) is 0.